The fourth-order valence-electron chi connectivity index (χ4n) is 2.70. The minimum absolute atomic E-state index is 0.0301. The average Bonchev–Trinajstić information content (AvgIpc) is 3.35. The van der Waals surface area contributed by atoms with Crippen LogP contribution >= 0.6 is 23.6 Å². The number of aromatic nitrogens is 3. The number of ether oxygens (including phenoxy) is 1. The van der Waals surface area contributed by atoms with Crippen LogP contribution in [0.3, 0.4) is 0 Å². The summed E-state index contributed by atoms with van der Waals surface area (Å²) in [7, 11) is 0. The molecule has 0 saturated carbocycles. The molecule has 2 heterocycles. The molecule has 148 valence electrons. The number of hydrogen-bond acceptors (Lipinski definition) is 5. The van der Waals surface area contributed by atoms with Crippen LogP contribution in [0.4, 0.5) is 0 Å². The molecule has 0 fully saturated rings. The number of benzene rings is 1. The van der Waals surface area contributed by atoms with Crippen LogP contribution in [-0.4, -0.2) is 27.3 Å². The van der Waals surface area contributed by atoms with Gasteiger partial charge in [-0.05, 0) is 47.8 Å². The molecule has 3 aromatic rings. The van der Waals surface area contributed by atoms with Crippen LogP contribution in [0, 0.1) is 4.77 Å². The van der Waals surface area contributed by atoms with E-state index in [1.54, 1.807) is 11.3 Å². The topological polar surface area (TPSA) is 71.9 Å². The van der Waals surface area contributed by atoms with Crippen LogP contribution in [0.15, 0.2) is 41.8 Å². The third kappa shape index (κ3) is 5.53. The first-order valence-corrected chi connectivity index (χ1v) is 10.6. The molecule has 0 atom stereocenters. The highest BCUT2D eigenvalue weighted by Crippen LogP contribution is 2.22. The summed E-state index contributed by atoms with van der Waals surface area (Å²) in [5.74, 6) is 1.58. The van der Waals surface area contributed by atoms with Crippen LogP contribution < -0.4 is 10.1 Å². The molecule has 2 N–H and O–H groups in total. The van der Waals surface area contributed by atoms with Crippen LogP contribution in [0.25, 0.3) is 10.7 Å². The first-order valence-electron chi connectivity index (χ1n) is 9.35. The Morgan fingerprint density at radius 1 is 1.36 bits per heavy atom. The molecule has 0 aliphatic carbocycles. The second-order valence-electron chi connectivity index (χ2n) is 6.36. The van der Waals surface area contributed by atoms with E-state index in [9.17, 15) is 4.79 Å². The molecular weight excluding hydrogens is 392 g/mol. The number of nitrogens with zero attached hydrogens (tertiary/aromatic N) is 2. The molecule has 0 bridgehead atoms. The van der Waals surface area contributed by atoms with Crippen molar-refractivity contribution in [2.45, 2.75) is 39.3 Å². The third-order valence-electron chi connectivity index (χ3n) is 4.22. The normalized spacial score (nSPS) is 10.8. The lowest BCUT2D eigenvalue weighted by molar-refractivity contribution is -0.121. The highest BCUT2D eigenvalue weighted by molar-refractivity contribution is 7.71. The van der Waals surface area contributed by atoms with Crippen LogP contribution in [0.2, 0.25) is 0 Å². The number of unbranched alkanes of at least 4 members (excludes halogenated alkanes) is 1. The Hall–Kier alpha value is -2.45. The monoisotopic (exact) mass is 416 g/mol. The predicted molar refractivity (Wildman–Crippen MR) is 114 cm³/mol. The Balaban J connectivity index is 1.51. The molecule has 1 aromatic carbocycles. The number of hydrogen-bond donors (Lipinski definition) is 2. The highest BCUT2D eigenvalue weighted by Gasteiger charge is 2.11. The van der Waals surface area contributed by atoms with Gasteiger partial charge in [-0.15, -0.1) is 11.3 Å². The number of amides is 1. The van der Waals surface area contributed by atoms with Gasteiger partial charge in [0.2, 0.25) is 5.91 Å². The van der Waals surface area contributed by atoms with Gasteiger partial charge in [0.05, 0.1) is 11.5 Å². The number of carbonyl (C=O) groups is 1. The molecule has 8 heteroatoms. The first-order chi connectivity index (χ1) is 13.7. The summed E-state index contributed by atoms with van der Waals surface area (Å²) in [5, 5.41) is 12.0. The van der Waals surface area contributed by atoms with Gasteiger partial charge in [0.1, 0.15) is 5.75 Å². The van der Waals surface area contributed by atoms with E-state index in [-0.39, 0.29) is 5.91 Å². The summed E-state index contributed by atoms with van der Waals surface area (Å²) in [6.07, 6.45) is 2.47. The van der Waals surface area contributed by atoms with Gasteiger partial charge >= 0.3 is 0 Å². The number of carbonyl (C=O) groups excluding carboxylic acids is 1. The summed E-state index contributed by atoms with van der Waals surface area (Å²) in [6, 6.07) is 11.8. The molecule has 3 rings (SSSR count). The van der Waals surface area contributed by atoms with Crippen molar-refractivity contribution in [3.63, 3.8) is 0 Å². The molecule has 6 nitrogen and oxygen atoms in total. The van der Waals surface area contributed by atoms with Crippen LogP contribution in [-0.2, 0) is 17.9 Å². The zero-order chi connectivity index (χ0) is 19.8. The summed E-state index contributed by atoms with van der Waals surface area (Å²) in [4.78, 5) is 13.3. The quantitative estimate of drug-likeness (QED) is 0.376. The van der Waals surface area contributed by atoms with E-state index in [4.69, 9.17) is 17.0 Å². The van der Waals surface area contributed by atoms with Crippen molar-refractivity contribution in [1.82, 2.24) is 20.1 Å². The van der Waals surface area contributed by atoms with Gasteiger partial charge < -0.3 is 10.1 Å². The van der Waals surface area contributed by atoms with Gasteiger partial charge in [-0.3, -0.25) is 14.5 Å². The second kappa shape index (κ2) is 10.2. The Morgan fingerprint density at radius 3 is 3.04 bits per heavy atom. The van der Waals surface area contributed by atoms with Gasteiger partial charge in [-0.25, -0.2) is 0 Å². The second-order valence-corrected chi connectivity index (χ2v) is 7.69. The Labute approximate surface area is 173 Å². The van der Waals surface area contributed by atoms with Crippen molar-refractivity contribution in [1.29, 1.82) is 0 Å². The van der Waals surface area contributed by atoms with Crippen molar-refractivity contribution >= 4 is 29.5 Å². The molecule has 0 aliphatic heterocycles. The first kappa shape index (κ1) is 20.3. The smallest absolute Gasteiger partial charge is 0.222 e. The Kier molecular flexibility index (Phi) is 7.39. The lowest BCUT2D eigenvalue weighted by Gasteiger charge is -2.09. The third-order valence-corrected chi connectivity index (χ3v) is 5.39. The van der Waals surface area contributed by atoms with Gasteiger partial charge in [0.15, 0.2) is 10.6 Å². The van der Waals surface area contributed by atoms with Crippen molar-refractivity contribution in [2.24, 2.45) is 0 Å². The maximum absolute atomic E-state index is 12.3. The number of thiophene rings is 1. The molecule has 0 unspecified atom stereocenters. The largest absolute Gasteiger partial charge is 0.494 e. The van der Waals surface area contributed by atoms with E-state index in [0.717, 1.165) is 34.9 Å². The number of aromatic amines is 1. The average molecular weight is 417 g/mol. The van der Waals surface area contributed by atoms with Crippen molar-refractivity contribution < 1.29 is 9.53 Å². The van der Waals surface area contributed by atoms with Gasteiger partial charge in [-0.1, -0.05) is 31.5 Å². The van der Waals surface area contributed by atoms with Gasteiger partial charge in [0, 0.05) is 19.5 Å². The lowest BCUT2D eigenvalue weighted by Crippen LogP contribution is -2.24. The van der Waals surface area contributed by atoms with Gasteiger partial charge in [0.25, 0.3) is 0 Å². The molecule has 0 spiro atoms. The van der Waals surface area contributed by atoms with E-state index in [2.05, 4.69) is 22.4 Å². The molecule has 28 heavy (non-hydrogen) atoms. The SMILES string of the molecule is CCCCOc1cccc(CNC(=O)CCn2c(-c3cccs3)n[nH]c2=S)c1. The van der Waals surface area contributed by atoms with Crippen LogP contribution in [0.1, 0.15) is 31.7 Å². The lowest BCUT2D eigenvalue weighted by atomic mass is 10.2. The zero-order valence-electron chi connectivity index (χ0n) is 15.8. The molecule has 1 amide bonds. The fraction of sp³-hybridized carbons (Fsp3) is 0.350. The minimum Gasteiger partial charge on any atom is -0.494 e. The zero-order valence-corrected chi connectivity index (χ0v) is 17.4. The summed E-state index contributed by atoms with van der Waals surface area (Å²) < 4.78 is 8.10. The molecule has 0 aliphatic rings. The number of nitrogens with one attached hydrogen (secondary N) is 2. The van der Waals surface area contributed by atoms with Crippen molar-refractivity contribution in [2.75, 3.05) is 6.61 Å². The predicted octanol–water partition coefficient (Wildman–Crippen LogP) is 4.55. The highest BCUT2D eigenvalue weighted by atomic mass is 32.1. The van der Waals surface area contributed by atoms with E-state index < -0.39 is 0 Å². The van der Waals surface area contributed by atoms with Crippen LogP contribution in [0.5, 0.6) is 5.75 Å². The molecule has 0 saturated heterocycles. The Morgan fingerprint density at radius 2 is 2.25 bits per heavy atom. The Bertz CT molecular complexity index is 947. The van der Waals surface area contributed by atoms with Crippen molar-refractivity contribution in [3.8, 4) is 16.5 Å². The maximum atomic E-state index is 12.3. The summed E-state index contributed by atoms with van der Waals surface area (Å²) in [5.41, 5.74) is 1.02. The fourth-order valence-corrected chi connectivity index (χ4v) is 3.65. The van der Waals surface area contributed by atoms with E-state index in [0.29, 0.717) is 30.9 Å². The standard InChI is InChI=1S/C20H24N4O2S2/c1-2-3-11-26-16-7-4-6-15(13-16)14-21-18(25)9-10-24-19(22-23-20(24)27)17-8-5-12-28-17/h4-8,12-13H,2-3,9-11,14H2,1H3,(H,21,25)(H,23,27). The summed E-state index contributed by atoms with van der Waals surface area (Å²) >= 11 is 6.89. The summed E-state index contributed by atoms with van der Waals surface area (Å²) in [6.45, 7) is 3.80. The van der Waals surface area contributed by atoms with E-state index >= 15 is 0 Å². The van der Waals surface area contributed by atoms with E-state index in [1.165, 1.54) is 0 Å². The molecular formula is C20H24N4O2S2. The van der Waals surface area contributed by atoms with E-state index in [1.807, 2.05) is 46.3 Å². The minimum atomic E-state index is -0.0301. The molecule has 0 radical (unpaired) electrons. The number of H-pyrrole nitrogens is 1. The number of rotatable bonds is 10. The van der Waals surface area contributed by atoms with Crippen molar-refractivity contribution in [3.05, 3.63) is 52.1 Å². The molecule has 2 aromatic heterocycles. The maximum Gasteiger partial charge on any atom is 0.222 e. The van der Waals surface area contributed by atoms with Gasteiger partial charge in [-0.2, -0.15) is 5.10 Å².